The quantitative estimate of drug-likeness (QED) is 0.515. The third-order valence-electron chi connectivity index (χ3n) is 5.32. The van der Waals surface area contributed by atoms with Crippen LogP contribution in [0.25, 0.3) is 0 Å². The lowest BCUT2D eigenvalue weighted by molar-refractivity contribution is -0.128. The van der Waals surface area contributed by atoms with Crippen molar-refractivity contribution in [1.82, 2.24) is 10.2 Å². The Morgan fingerprint density at radius 3 is 2.60 bits per heavy atom. The van der Waals surface area contributed by atoms with E-state index in [-0.39, 0.29) is 29.5 Å². The number of anilines is 3. The summed E-state index contributed by atoms with van der Waals surface area (Å²) in [5, 5.41) is 5.74. The summed E-state index contributed by atoms with van der Waals surface area (Å²) < 4.78 is 26.1. The number of amides is 2. The molecule has 3 rings (SSSR count). The predicted octanol–water partition coefficient (Wildman–Crippen LogP) is 4.77. The van der Waals surface area contributed by atoms with Crippen LogP contribution in [0.2, 0.25) is 5.02 Å². The van der Waals surface area contributed by atoms with Gasteiger partial charge in [-0.2, -0.15) is 0 Å². The fourth-order valence-corrected chi connectivity index (χ4v) is 3.81. The average molecular weight is 506 g/mol. The van der Waals surface area contributed by atoms with Crippen molar-refractivity contribution >= 4 is 46.6 Å². The van der Waals surface area contributed by atoms with Gasteiger partial charge in [0.1, 0.15) is 11.4 Å². The molecule has 0 aliphatic carbocycles. The van der Waals surface area contributed by atoms with Crippen LogP contribution in [-0.2, 0) is 15.1 Å². The Hall–Kier alpha value is -3.53. The van der Waals surface area contributed by atoms with Gasteiger partial charge >= 0.3 is 6.09 Å². The number of benzene rings is 2. The molecule has 0 unspecified atom stereocenters. The van der Waals surface area contributed by atoms with Crippen molar-refractivity contribution in [3.05, 3.63) is 46.7 Å². The number of halogens is 2. The highest BCUT2D eigenvalue weighted by atomic mass is 35.5. The first-order valence-electron chi connectivity index (χ1n) is 10.8. The van der Waals surface area contributed by atoms with Gasteiger partial charge in [0.15, 0.2) is 5.82 Å². The first kappa shape index (κ1) is 26.1. The van der Waals surface area contributed by atoms with Crippen molar-refractivity contribution in [3.63, 3.8) is 0 Å². The Bertz CT molecular complexity index is 1200. The standard InChI is InChI=1S/C24H29ClFN5O4/c1-23(2,3)35-22(33)29-21-30-24(4,12-19(32)31(21)5)13-8-7-9-16(20(13)26)28-17-10-14(25)18(34-6)11-15(17)27/h7-11,28H,12,27H2,1-6H3,(H,29,30,33)/t24-/m0/s1. The average Bonchev–Trinajstić information content (AvgIpc) is 2.74. The zero-order chi connectivity index (χ0) is 26.1. The maximum atomic E-state index is 15.7. The lowest BCUT2D eigenvalue weighted by Crippen LogP contribution is -2.52. The largest absolute Gasteiger partial charge is 0.495 e. The molecule has 2 aromatic carbocycles. The van der Waals surface area contributed by atoms with Crippen LogP contribution < -0.4 is 21.1 Å². The minimum Gasteiger partial charge on any atom is -0.495 e. The third kappa shape index (κ3) is 5.76. The van der Waals surface area contributed by atoms with E-state index >= 15 is 4.39 Å². The van der Waals surface area contributed by atoms with E-state index in [1.807, 2.05) is 0 Å². The first-order valence-corrected chi connectivity index (χ1v) is 11.2. The Balaban J connectivity index is 1.97. The first-order chi connectivity index (χ1) is 16.2. The van der Waals surface area contributed by atoms with E-state index < -0.39 is 23.1 Å². The van der Waals surface area contributed by atoms with Gasteiger partial charge in [0.05, 0.1) is 41.2 Å². The van der Waals surface area contributed by atoms with E-state index in [0.29, 0.717) is 22.1 Å². The second-order valence-corrected chi connectivity index (χ2v) is 9.74. The second-order valence-electron chi connectivity index (χ2n) is 9.33. The third-order valence-corrected chi connectivity index (χ3v) is 5.62. The highest BCUT2D eigenvalue weighted by Gasteiger charge is 2.40. The number of nitrogens with two attached hydrogens (primary N) is 1. The van der Waals surface area contributed by atoms with Crippen LogP contribution in [0.3, 0.4) is 0 Å². The van der Waals surface area contributed by atoms with Crippen LogP contribution in [0, 0.1) is 5.82 Å². The molecule has 188 valence electrons. The van der Waals surface area contributed by atoms with E-state index in [1.54, 1.807) is 33.8 Å². The van der Waals surface area contributed by atoms with Crippen LogP contribution in [0.1, 0.15) is 39.7 Å². The Morgan fingerprint density at radius 2 is 1.97 bits per heavy atom. The minimum absolute atomic E-state index is 0.0399. The molecule has 0 aromatic heterocycles. The zero-order valence-electron chi connectivity index (χ0n) is 20.5. The van der Waals surface area contributed by atoms with Crippen molar-refractivity contribution in [3.8, 4) is 5.75 Å². The van der Waals surface area contributed by atoms with Crippen molar-refractivity contribution in [2.24, 2.45) is 4.99 Å². The van der Waals surface area contributed by atoms with Crippen LogP contribution in [0.15, 0.2) is 35.3 Å². The van der Waals surface area contributed by atoms with Crippen LogP contribution >= 0.6 is 11.6 Å². The van der Waals surface area contributed by atoms with E-state index in [9.17, 15) is 9.59 Å². The Labute approximate surface area is 208 Å². The maximum absolute atomic E-state index is 15.7. The molecular weight excluding hydrogens is 477 g/mol. The number of methoxy groups -OCH3 is 1. The van der Waals surface area contributed by atoms with Crippen LogP contribution in [-0.4, -0.2) is 42.6 Å². The van der Waals surface area contributed by atoms with Gasteiger partial charge in [0.25, 0.3) is 0 Å². The number of nitrogens with zero attached hydrogens (tertiary/aromatic N) is 2. The van der Waals surface area contributed by atoms with Gasteiger partial charge in [-0.1, -0.05) is 23.7 Å². The van der Waals surface area contributed by atoms with Gasteiger partial charge in [-0.3, -0.25) is 15.0 Å². The minimum atomic E-state index is -1.29. The number of carbonyl (C=O) groups is 2. The molecule has 2 aromatic rings. The summed E-state index contributed by atoms with van der Waals surface area (Å²) in [6, 6.07) is 7.76. The fourth-order valence-electron chi connectivity index (χ4n) is 3.56. The number of rotatable bonds is 4. The molecular formula is C24H29ClFN5O4. The Kier molecular flexibility index (Phi) is 7.16. The molecule has 1 aliphatic heterocycles. The molecule has 0 saturated carbocycles. The van der Waals surface area contributed by atoms with Gasteiger partial charge in [-0.25, -0.2) is 14.2 Å². The summed E-state index contributed by atoms with van der Waals surface area (Å²) in [6.07, 6.45) is -0.886. The van der Waals surface area contributed by atoms with Gasteiger partial charge in [-0.05, 0) is 39.8 Å². The number of aliphatic imine (C=N–C) groups is 1. The molecule has 0 radical (unpaired) electrons. The lowest BCUT2D eigenvalue weighted by atomic mass is 9.87. The number of hydrogen-bond acceptors (Lipinski definition) is 7. The molecule has 1 aliphatic rings. The highest BCUT2D eigenvalue weighted by Crippen LogP contribution is 2.39. The molecule has 0 fully saturated rings. The van der Waals surface area contributed by atoms with Gasteiger partial charge in [0.2, 0.25) is 11.9 Å². The number of nitrogens with one attached hydrogen (secondary N) is 2. The van der Waals surface area contributed by atoms with Gasteiger partial charge < -0.3 is 20.5 Å². The van der Waals surface area contributed by atoms with Crippen molar-refractivity contribution in [2.75, 3.05) is 25.2 Å². The molecule has 4 N–H and O–H groups in total. The summed E-state index contributed by atoms with van der Waals surface area (Å²) in [5.41, 5.74) is 4.98. The fraction of sp³-hybridized carbons (Fsp3) is 0.375. The molecule has 1 heterocycles. The van der Waals surface area contributed by atoms with Crippen LogP contribution in [0.5, 0.6) is 5.75 Å². The summed E-state index contributed by atoms with van der Waals surface area (Å²) in [6.45, 7) is 6.76. The monoisotopic (exact) mass is 505 g/mol. The van der Waals surface area contributed by atoms with Crippen molar-refractivity contribution < 1.29 is 23.5 Å². The van der Waals surface area contributed by atoms with E-state index in [1.165, 1.54) is 43.3 Å². The van der Waals surface area contributed by atoms with E-state index in [4.69, 9.17) is 26.8 Å². The molecule has 35 heavy (non-hydrogen) atoms. The molecule has 2 amide bonds. The number of alkyl carbamates (subject to hydrolysis) is 1. The highest BCUT2D eigenvalue weighted by molar-refractivity contribution is 6.32. The summed E-state index contributed by atoms with van der Waals surface area (Å²) in [4.78, 5) is 30.8. The van der Waals surface area contributed by atoms with E-state index in [2.05, 4.69) is 15.6 Å². The lowest BCUT2D eigenvalue weighted by Gasteiger charge is -2.35. The summed E-state index contributed by atoms with van der Waals surface area (Å²) in [5.74, 6) is -0.626. The number of nitrogen functional groups attached to an aromatic ring is 1. The van der Waals surface area contributed by atoms with Gasteiger partial charge in [-0.15, -0.1) is 0 Å². The zero-order valence-corrected chi connectivity index (χ0v) is 21.2. The Morgan fingerprint density at radius 1 is 1.29 bits per heavy atom. The molecule has 11 heteroatoms. The molecule has 9 nitrogen and oxygen atoms in total. The number of carbonyl (C=O) groups excluding carboxylic acids is 2. The predicted molar refractivity (Wildman–Crippen MR) is 134 cm³/mol. The van der Waals surface area contributed by atoms with E-state index in [0.717, 1.165) is 0 Å². The smallest absolute Gasteiger partial charge is 0.414 e. The molecule has 0 spiro atoms. The summed E-state index contributed by atoms with van der Waals surface area (Å²) in [7, 11) is 2.94. The maximum Gasteiger partial charge on any atom is 0.414 e. The molecule has 0 saturated heterocycles. The second kappa shape index (κ2) is 9.61. The number of hydrogen-bond donors (Lipinski definition) is 3. The topological polar surface area (TPSA) is 118 Å². The molecule has 0 bridgehead atoms. The van der Waals surface area contributed by atoms with Crippen molar-refractivity contribution in [1.29, 1.82) is 0 Å². The van der Waals surface area contributed by atoms with Crippen molar-refractivity contribution in [2.45, 2.75) is 45.3 Å². The van der Waals surface area contributed by atoms with Gasteiger partial charge in [0, 0.05) is 18.7 Å². The van der Waals surface area contributed by atoms with Crippen LogP contribution in [0.4, 0.5) is 26.2 Å². The molecule has 1 atom stereocenters. The SMILES string of the molecule is COc1cc(N)c(Nc2cccc([C@]3(C)CC(=O)N(C)C(NC(=O)OC(C)(C)C)=N3)c2F)cc1Cl. The number of ether oxygens (including phenoxy) is 2. The normalized spacial score (nSPS) is 18.1. The summed E-state index contributed by atoms with van der Waals surface area (Å²) >= 11 is 6.19. The number of guanidine groups is 1.